The zero-order valence-corrected chi connectivity index (χ0v) is 22.9. The molecule has 1 fully saturated rings. The minimum absolute atomic E-state index is 0.133. The van der Waals surface area contributed by atoms with Gasteiger partial charge in [-0.2, -0.15) is 0 Å². The number of nitrogens with zero attached hydrogens (tertiary/aromatic N) is 3. The van der Waals surface area contributed by atoms with Gasteiger partial charge in [0.25, 0.3) is 0 Å². The van der Waals surface area contributed by atoms with E-state index in [4.69, 9.17) is 26.1 Å². The van der Waals surface area contributed by atoms with Crippen molar-refractivity contribution >= 4 is 40.7 Å². The highest BCUT2D eigenvalue weighted by Crippen LogP contribution is 2.37. The van der Waals surface area contributed by atoms with E-state index in [1.807, 2.05) is 12.3 Å². The zero-order valence-electron chi connectivity index (χ0n) is 21.3. The van der Waals surface area contributed by atoms with E-state index in [0.717, 1.165) is 0 Å². The van der Waals surface area contributed by atoms with Crippen LogP contribution >= 0.6 is 22.9 Å². The molecule has 2 N–H and O–H groups in total. The molecule has 3 heterocycles. The van der Waals surface area contributed by atoms with E-state index in [1.54, 1.807) is 20.0 Å². The molecule has 0 bridgehead atoms. The predicted molar refractivity (Wildman–Crippen MR) is 142 cm³/mol. The van der Waals surface area contributed by atoms with Crippen molar-refractivity contribution in [3.8, 4) is 0 Å². The van der Waals surface area contributed by atoms with E-state index in [1.165, 1.54) is 29.5 Å². The van der Waals surface area contributed by atoms with Crippen molar-refractivity contribution in [3.05, 3.63) is 62.5 Å². The average molecular weight is 565 g/mol. The number of aliphatic carboxylic acids is 1. The maximum Gasteiger partial charge on any atom is 0.338 e. The largest absolute Gasteiger partial charge is 0.481 e. The van der Waals surface area contributed by atoms with Crippen LogP contribution in [-0.2, 0) is 19.1 Å². The third-order valence-corrected chi connectivity index (χ3v) is 7.77. The van der Waals surface area contributed by atoms with Gasteiger partial charge in [-0.25, -0.2) is 14.2 Å². The van der Waals surface area contributed by atoms with Crippen LogP contribution in [0.3, 0.4) is 0 Å². The lowest BCUT2D eigenvalue weighted by Gasteiger charge is -2.42. The number of nitrogens with one attached hydrogen (secondary N) is 1. The first-order chi connectivity index (χ1) is 18.2. The van der Waals surface area contributed by atoms with E-state index in [0.29, 0.717) is 41.7 Å². The number of amidine groups is 1. The fraction of sp³-hybridized carbons (Fsp3) is 0.462. The van der Waals surface area contributed by atoms with Crippen LogP contribution in [0.25, 0.3) is 0 Å². The maximum atomic E-state index is 13.9. The highest BCUT2D eigenvalue weighted by atomic mass is 35.5. The van der Waals surface area contributed by atoms with Crippen molar-refractivity contribution < 1.29 is 28.6 Å². The second-order valence-corrected chi connectivity index (χ2v) is 10.5. The minimum atomic E-state index is -0.880. The molecule has 2 aromatic rings. The van der Waals surface area contributed by atoms with Gasteiger partial charge in [-0.1, -0.05) is 24.6 Å². The summed E-state index contributed by atoms with van der Waals surface area (Å²) in [7, 11) is 0. The molecule has 1 saturated heterocycles. The quantitative estimate of drug-likeness (QED) is 0.439. The second kappa shape index (κ2) is 12.3. The summed E-state index contributed by atoms with van der Waals surface area (Å²) >= 11 is 7.83. The number of carboxylic acid groups (broad SMARTS) is 1. The number of rotatable bonds is 9. The van der Waals surface area contributed by atoms with E-state index >= 15 is 0 Å². The first kappa shape index (κ1) is 28.2. The number of aliphatic imine (C=N–C) groups is 1. The molecule has 204 valence electrons. The minimum Gasteiger partial charge on any atom is -0.481 e. The van der Waals surface area contributed by atoms with Crippen LogP contribution in [0.15, 0.2) is 46.0 Å². The Morgan fingerprint density at radius 3 is 2.87 bits per heavy atom. The summed E-state index contributed by atoms with van der Waals surface area (Å²) in [4.78, 5) is 36.3. The van der Waals surface area contributed by atoms with E-state index in [9.17, 15) is 19.1 Å². The van der Waals surface area contributed by atoms with Gasteiger partial charge in [0.05, 0.1) is 30.8 Å². The van der Waals surface area contributed by atoms with Gasteiger partial charge in [-0.15, -0.1) is 11.3 Å². The molecular formula is C26H30ClFN4O5S. The summed E-state index contributed by atoms with van der Waals surface area (Å²) in [5, 5.41) is 15.4. The van der Waals surface area contributed by atoms with Crippen molar-refractivity contribution in [2.24, 2.45) is 10.9 Å². The van der Waals surface area contributed by atoms with Crippen molar-refractivity contribution in [3.63, 3.8) is 0 Å². The van der Waals surface area contributed by atoms with Crippen LogP contribution in [0.4, 0.5) is 4.39 Å². The predicted octanol–water partition coefficient (Wildman–Crippen LogP) is 4.04. The Hall–Kier alpha value is -2.86. The Labute approximate surface area is 229 Å². The van der Waals surface area contributed by atoms with Gasteiger partial charge in [0.15, 0.2) is 10.8 Å². The maximum absolute atomic E-state index is 13.9. The first-order valence-corrected chi connectivity index (χ1v) is 13.6. The number of esters is 1. The number of hydrogen-bond acceptors (Lipinski definition) is 9. The van der Waals surface area contributed by atoms with Gasteiger partial charge < -0.3 is 19.9 Å². The number of benzene rings is 1. The molecule has 4 atom stereocenters. The summed E-state index contributed by atoms with van der Waals surface area (Å²) in [5.41, 5.74) is 1.25. The molecular weight excluding hydrogens is 535 g/mol. The van der Waals surface area contributed by atoms with Crippen LogP contribution in [0, 0.1) is 11.7 Å². The van der Waals surface area contributed by atoms with Gasteiger partial charge in [-0.3, -0.25) is 14.7 Å². The van der Waals surface area contributed by atoms with E-state index < -0.39 is 29.7 Å². The lowest BCUT2D eigenvalue weighted by atomic mass is 9.93. The number of thiazole rings is 1. The third-order valence-electron chi connectivity index (χ3n) is 6.66. The van der Waals surface area contributed by atoms with Crippen LogP contribution < -0.4 is 5.32 Å². The number of carboxylic acids is 1. The second-order valence-electron chi connectivity index (χ2n) is 9.21. The number of carbonyl (C=O) groups excluding carboxylic acids is 1. The monoisotopic (exact) mass is 564 g/mol. The number of carbonyl (C=O) groups is 2. The molecule has 0 amide bonds. The van der Waals surface area contributed by atoms with Crippen LogP contribution in [0.1, 0.15) is 43.8 Å². The van der Waals surface area contributed by atoms with E-state index in [-0.39, 0.29) is 35.9 Å². The highest BCUT2D eigenvalue weighted by molar-refractivity contribution is 7.11. The summed E-state index contributed by atoms with van der Waals surface area (Å²) < 4.78 is 25.2. The smallest absolute Gasteiger partial charge is 0.338 e. The fourth-order valence-electron chi connectivity index (χ4n) is 4.70. The Morgan fingerprint density at radius 2 is 2.21 bits per heavy atom. The Bertz CT molecular complexity index is 1240. The SMILES string of the molecule is CCOC(=O)C1=C(CN2CCO[C@H](C)C2CC(C)C(=O)O)NC(c2nccs2)=N[C@H]1c1ccc(F)cc1Cl. The molecule has 38 heavy (non-hydrogen) atoms. The number of aromatic nitrogens is 1. The molecule has 2 aliphatic heterocycles. The lowest BCUT2D eigenvalue weighted by Crippen LogP contribution is -2.53. The Balaban J connectivity index is 1.80. The molecule has 1 aromatic carbocycles. The molecule has 0 saturated carbocycles. The molecule has 0 aliphatic carbocycles. The molecule has 0 radical (unpaired) electrons. The van der Waals surface area contributed by atoms with Crippen LogP contribution in [0.2, 0.25) is 5.02 Å². The van der Waals surface area contributed by atoms with Crippen molar-refractivity contribution in [1.82, 2.24) is 15.2 Å². The summed E-state index contributed by atoms with van der Waals surface area (Å²) in [6, 6.07) is 2.90. The van der Waals surface area contributed by atoms with Crippen LogP contribution in [-0.4, -0.2) is 71.2 Å². The van der Waals surface area contributed by atoms with Gasteiger partial charge >= 0.3 is 11.9 Å². The Morgan fingerprint density at radius 1 is 1.42 bits per heavy atom. The van der Waals surface area contributed by atoms with Gasteiger partial charge in [0, 0.05) is 47.0 Å². The topological polar surface area (TPSA) is 113 Å². The van der Waals surface area contributed by atoms with Crippen molar-refractivity contribution in [2.45, 2.75) is 45.4 Å². The zero-order chi connectivity index (χ0) is 27.4. The normalized spacial score (nSPS) is 23.0. The third kappa shape index (κ3) is 6.23. The van der Waals surface area contributed by atoms with Gasteiger partial charge in [0.1, 0.15) is 11.9 Å². The van der Waals surface area contributed by atoms with Crippen LogP contribution in [0.5, 0.6) is 0 Å². The number of morpholine rings is 1. The lowest BCUT2D eigenvalue weighted by molar-refractivity contribution is -0.143. The van der Waals surface area contributed by atoms with Gasteiger partial charge in [0.2, 0.25) is 0 Å². The number of ether oxygens (including phenoxy) is 2. The molecule has 12 heteroatoms. The summed E-state index contributed by atoms with van der Waals surface area (Å²) in [6.07, 6.45) is 1.82. The number of hydrogen-bond donors (Lipinski definition) is 2. The Kier molecular flexibility index (Phi) is 9.14. The van der Waals surface area contributed by atoms with Gasteiger partial charge in [-0.05, 0) is 32.4 Å². The summed E-state index contributed by atoms with van der Waals surface area (Å²) in [5.74, 6) is -2.09. The molecule has 4 rings (SSSR count). The van der Waals surface area contributed by atoms with E-state index in [2.05, 4.69) is 15.2 Å². The average Bonchev–Trinajstić information content (AvgIpc) is 3.41. The molecule has 2 aliphatic rings. The van der Waals surface area contributed by atoms with Crippen molar-refractivity contribution in [1.29, 1.82) is 0 Å². The highest BCUT2D eigenvalue weighted by Gasteiger charge is 2.38. The fourth-order valence-corrected chi connectivity index (χ4v) is 5.56. The molecule has 1 aromatic heterocycles. The molecule has 0 spiro atoms. The molecule has 2 unspecified atom stereocenters. The standard InChI is InChI=1S/C26H30ClFN4O5S/c1-4-36-26(35)21-19(13-32-8-9-37-15(3)20(32)11-14(2)25(33)34)30-23(24-29-7-10-38-24)31-22(21)17-6-5-16(28)12-18(17)27/h5-7,10,12,14-15,20,22H,4,8-9,11,13H2,1-3H3,(H,30,31)(H,33,34)/t14?,15-,20?,22+/m1/s1. The number of halogens is 2. The summed E-state index contributed by atoms with van der Waals surface area (Å²) in [6.45, 7) is 6.73. The van der Waals surface area contributed by atoms with Crippen molar-refractivity contribution in [2.75, 3.05) is 26.3 Å². The molecule has 9 nitrogen and oxygen atoms in total. The first-order valence-electron chi connectivity index (χ1n) is 12.4.